The van der Waals surface area contributed by atoms with Crippen molar-refractivity contribution in [3.8, 4) is 0 Å². The molecule has 0 saturated heterocycles. The smallest absolute Gasteiger partial charge is 0.285 e. The number of thiazole rings is 1. The summed E-state index contributed by atoms with van der Waals surface area (Å²) in [7, 11) is 0. The largest absolute Gasteiger partial charge is 0.396 e. The lowest BCUT2D eigenvalue weighted by molar-refractivity contribution is -0.385. The van der Waals surface area contributed by atoms with Gasteiger partial charge < -0.3 is 11.1 Å². The summed E-state index contributed by atoms with van der Waals surface area (Å²) in [6.07, 6.45) is 1.57. The number of nitrogens with zero attached hydrogens (tertiary/aromatic N) is 2. The summed E-state index contributed by atoms with van der Waals surface area (Å²) in [4.78, 5) is 25.9. The first-order valence-electron chi connectivity index (χ1n) is 5.39. The highest BCUT2D eigenvalue weighted by molar-refractivity contribution is 7.09. The summed E-state index contributed by atoms with van der Waals surface area (Å²) in [5.41, 5.74) is 4.09. The molecule has 9 heteroatoms. The van der Waals surface area contributed by atoms with Gasteiger partial charge in [0, 0.05) is 11.6 Å². The summed E-state index contributed by atoms with van der Waals surface area (Å²) < 4.78 is 13.2. The number of carbonyl (C=O) groups excluding carboxylic acids is 1. The van der Waals surface area contributed by atoms with Crippen LogP contribution in [0.3, 0.4) is 0 Å². The van der Waals surface area contributed by atoms with Crippen LogP contribution in [0, 0.1) is 15.9 Å². The van der Waals surface area contributed by atoms with E-state index in [1.54, 1.807) is 11.6 Å². The minimum Gasteiger partial charge on any atom is -0.396 e. The van der Waals surface area contributed by atoms with Crippen molar-refractivity contribution < 1.29 is 14.1 Å². The van der Waals surface area contributed by atoms with E-state index < -0.39 is 22.3 Å². The Morgan fingerprint density at radius 3 is 2.90 bits per heavy atom. The summed E-state index contributed by atoms with van der Waals surface area (Å²) in [5.74, 6) is -1.65. The number of nitrogens with one attached hydrogen (secondary N) is 1. The average molecular weight is 296 g/mol. The van der Waals surface area contributed by atoms with Gasteiger partial charge in [0.25, 0.3) is 11.6 Å². The van der Waals surface area contributed by atoms with Gasteiger partial charge in [-0.15, -0.1) is 11.3 Å². The van der Waals surface area contributed by atoms with E-state index >= 15 is 0 Å². The molecule has 2 aromatic rings. The Bertz CT molecular complexity index is 660. The third-order valence-electron chi connectivity index (χ3n) is 2.44. The number of carbonyl (C=O) groups is 1. The van der Waals surface area contributed by atoms with Crippen molar-refractivity contribution in [3.63, 3.8) is 0 Å². The van der Waals surface area contributed by atoms with Crippen molar-refractivity contribution in [1.82, 2.24) is 10.3 Å². The maximum Gasteiger partial charge on any atom is 0.285 e. The SMILES string of the molecule is Nc1cc(C(=O)NCc2nccs2)c([N+](=O)[O-])cc1F. The molecule has 104 valence electrons. The van der Waals surface area contributed by atoms with Crippen molar-refractivity contribution in [2.24, 2.45) is 0 Å². The number of nitrogens with two attached hydrogens (primary N) is 1. The Hall–Kier alpha value is -2.55. The number of benzene rings is 1. The molecule has 0 aliphatic rings. The van der Waals surface area contributed by atoms with Gasteiger partial charge in [-0.25, -0.2) is 9.37 Å². The van der Waals surface area contributed by atoms with Crippen LogP contribution in [0.25, 0.3) is 0 Å². The lowest BCUT2D eigenvalue weighted by Gasteiger charge is -2.06. The van der Waals surface area contributed by atoms with Crippen molar-refractivity contribution in [1.29, 1.82) is 0 Å². The van der Waals surface area contributed by atoms with E-state index in [4.69, 9.17) is 5.73 Å². The Morgan fingerprint density at radius 1 is 1.55 bits per heavy atom. The zero-order chi connectivity index (χ0) is 14.7. The number of hydrogen-bond acceptors (Lipinski definition) is 6. The summed E-state index contributed by atoms with van der Waals surface area (Å²) in [5, 5.41) is 15.7. The van der Waals surface area contributed by atoms with Crippen LogP contribution in [0.15, 0.2) is 23.7 Å². The predicted octanol–water partition coefficient (Wildman–Crippen LogP) is 1.70. The molecule has 7 nitrogen and oxygen atoms in total. The minimum atomic E-state index is -0.937. The molecule has 1 heterocycles. The first-order valence-corrected chi connectivity index (χ1v) is 6.27. The first kappa shape index (κ1) is 13.9. The molecule has 0 aliphatic heterocycles. The standard InChI is InChI=1S/C11H9FN4O3S/c12-7-4-9(16(18)19)6(3-8(7)13)11(17)15-5-10-14-1-2-20-10/h1-4H,5,13H2,(H,15,17). The monoisotopic (exact) mass is 296 g/mol. The van der Waals surface area contributed by atoms with E-state index in [1.807, 2.05) is 0 Å². The van der Waals surface area contributed by atoms with E-state index in [9.17, 15) is 19.3 Å². The fraction of sp³-hybridized carbons (Fsp3) is 0.0909. The highest BCUT2D eigenvalue weighted by Crippen LogP contribution is 2.24. The van der Waals surface area contributed by atoms with Crippen LogP contribution in [0.1, 0.15) is 15.4 Å². The van der Waals surface area contributed by atoms with Crippen LogP contribution >= 0.6 is 11.3 Å². The van der Waals surface area contributed by atoms with Crippen molar-refractivity contribution in [2.75, 3.05) is 5.73 Å². The number of rotatable bonds is 4. The Balaban J connectivity index is 2.24. The molecule has 20 heavy (non-hydrogen) atoms. The quantitative estimate of drug-likeness (QED) is 0.506. The molecule has 1 aromatic carbocycles. The minimum absolute atomic E-state index is 0.130. The van der Waals surface area contributed by atoms with Gasteiger partial charge in [0.05, 0.1) is 23.2 Å². The highest BCUT2D eigenvalue weighted by atomic mass is 32.1. The fourth-order valence-corrected chi connectivity index (χ4v) is 2.06. The maximum atomic E-state index is 13.2. The number of nitro benzene ring substituents is 1. The van der Waals surface area contributed by atoms with Gasteiger partial charge in [-0.2, -0.15) is 0 Å². The number of nitro groups is 1. The number of hydrogen-bond donors (Lipinski definition) is 2. The highest BCUT2D eigenvalue weighted by Gasteiger charge is 2.22. The van der Waals surface area contributed by atoms with Crippen LogP contribution in [0.5, 0.6) is 0 Å². The number of nitrogen functional groups attached to an aromatic ring is 1. The van der Waals surface area contributed by atoms with E-state index in [1.165, 1.54) is 11.3 Å². The van der Waals surface area contributed by atoms with Gasteiger partial charge in [0.1, 0.15) is 10.6 Å². The second-order valence-electron chi connectivity index (χ2n) is 3.76. The van der Waals surface area contributed by atoms with Crippen LogP contribution < -0.4 is 11.1 Å². The summed E-state index contributed by atoms with van der Waals surface area (Å²) in [6, 6.07) is 1.58. The van der Waals surface area contributed by atoms with E-state index in [-0.39, 0.29) is 17.8 Å². The van der Waals surface area contributed by atoms with Crippen molar-refractivity contribution >= 4 is 28.6 Å². The van der Waals surface area contributed by atoms with Crippen molar-refractivity contribution in [2.45, 2.75) is 6.54 Å². The lowest BCUT2D eigenvalue weighted by Crippen LogP contribution is -2.24. The molecule has 0 bridgehead atoms. The van der Waals surface area contributed by atoms with Gasteiger partial charge in [-0.3, -0.25) is 14.9 Å². The molecule has 0 saturated carbocycles. The van der Waals surface area contributed by atoms with Gasteiger partial charge in [-0.1, -0.05) is 0 Å². The Morgan fingerprint density at radius 2 is 2.30 bits per heavy atom. The van der Waals surface area contributed by atoms with E-state index in [0.29, 0.717) is 11.1 Å². The topological polar surface area (TPSA) is 111 Å². The van der Waals surface area contributed by atoms with E-state index in [2.05, 4.69) is 10.3 Å². The molecule has 0 aliphatic carbocycles. The molecule has 1 amide bonds. The molecule has 0 fully saturated rings. The summed E-state index contributed by atoms with van der Waals surface area (Å²) in [6.45, 7) is 0.130. The van der Waals surface area contributed by atoms with Crippen LogP contribution in [-0.2, 0) is 6.54 Å². The van der Waals surface area contributed by atoms with Crippen LogP contribution in [0.2, 0.25) is 0 Å². The Kier molecular flexibility index (Phi) is 3.89. The van der Waals surface area contributed by atoms with E-state index in [0.717, 1.165) is 6.07 Å². The first-order chi connectivity index (χ1) is 9.49. The molecule has 2 rings (SSSR count). The molecule has 0 atom stereocenters. The number of aromatic nitrogens is 1. The molecule has 0 radical (unpaired) electrons. The predicted molar refractivity (Wildman–Crippen MR) is 70.8 cm³/mol. The van der Waals surface area contributed by atoms with Crippen LogP contribution in [-0.4, -0.2) is 15.8 Å². The van der Waals surface area contributed by atoms with Gasteiger partial charge in [0.15, 0.2) is 5.82 Å². The normalized spacial score (nSPS) is 10.2. The fourth-order valence-electron chi connectivity index (χ4n) is 1.50. The van der Waals surface area contributed by atoms with Gasteiger partial charge in [-0.05, 0) is 6.07 Å². The van der Waals surface area contributed by atoms with Crippen LogP contribution in [0.4, 0.5) is 15.8 Å². The zero-order valence-electron chi connectivity index (χ0n) is 10.00. The molecular weight excluding hydrogens is 287 g/mol. The Labute approximate surface area is 116 Å². The average Bonchev–Trinajstić information content (AvgIpc) is 2.91. The molecular formula is C11H9FN4O3S. The van der Waals surface area contributed by atoms with Gasteiger partial charge >= 0.3 is 0 Å². The third-order valence-corrected chi connectivity index (χ3v) is 3.22. The lowest BCUT2D eigenvalue weighted by atomic mass is 10.1. The second kappa shape index (κ2) is 5.61. The number of anilines is 1. The molecule has 0 unspecified atom stereocenters. The maximum absolute atomic E-state index is 13.2. The summed E-state index contributed by atoms with van der Waals surface area (Å²) >= 11 is 1.33. The van der Waals surface area contributed by atoms with Gasteiger partial charge in [0.2, 0.25) is 0 Å². The number of amides is 1. The molecule has 3 N–H and O–H groups in total. The third kappa shape index (κ3) is 2.88. The molecule has 1 aromatic heterocycles. The number of halogens is 1. The zero-order valence-corrected chi connectivity index (χ0v) is 10.8. The second-order valence-corrected chi connectivity index (χ2v) is 4.74. The van der Waals surface area contributed by atoms with Crippen molar-refractivity contribution in [3.05, 3.63) is 50.2 Å². The molecule has 0 spiro atoms.